The van der Waals surface area contributed by atoms with E-state index in [-0.39, 0.29) is 12.4 Å². The average Bonchev–Trinajstić information content (AvgIpc) is 1.88. The van der Waals surface area contributed by atoms with Gasteiger partial charge in [0.25, 0.3) is 0 Å². The molecule has 0 aliphatic carbocycles. The maximum Gasteiger partial charge on any atom is 0.127 e. The second-order valence-corrected chi connectivity index (χ2v) is 1.64. The molecule has 0 aliphatic heterocycles. The molecule has 1 aromatic rings. The molecule has 0 atom stereocenters. The molecule has 56 valence electrons. The Morgan fingerprint density at radius 1 is 1.40 bits per heavy atom. The molecule has 0 saturated carbocycles. The summed E-state index contributed by atoms with van der Waals surface area (Å²) >= 11 is 0. The lowest BCUT2D eigenvalue weighted by molar-refractivity contribution is 0.967. The first kappa shape index (κ1) is 9.13. The molecule has 0 unspecified atom stereocenters. The quantitative estimate of drug-likeness (QED) is 0.604. The summed E-state index contributed by atoms with van der Waals surface area (Å²) in [6.45, 7) is 0.409. The van der Waals surface area contributed by atoms with Gasteiger partial charge in [0.15, 0.2) is 0 Å². The Morgan fingerprint density at radius 3 is 2.50 bits per heavy atom. The van der Waals surface area contributed by atoms with Crippen LogP contribution in [0.4, 0.5) is 5.82 Å². The third kappa shape index (κ3) is 2.16. The Morgan fingerprint density at radius 2 is 2.10 bits per heavy atom. The fourth-order valence-electron chi connectivity index (χ4n) is 0.527. The maximum atomic E-state index is 5.33. The van der Waals surface area contributed by atoms with Crippen molar-refractivity contribution in [1.82, 2.24) is 9.97 Å². The highest BCUT2D eigenvalue weighted by atomic mass is 35.5. The van der Waals surface area contributed by atoms with Gasteiger partial charge in [-0.3, -0.25) is 0 Å². The normalized spacial score (nSPS) is 8.50. The fourth-order valence-corrected chi connectivity index (χ4v) is 0.527. The Kier molecular flexibility index (Phi) is 3.68. The lowest BCUT2D eigenvalue weighted by atomic mass is 10.4. The van der Waals surface area contributed by atoms with Crippen molar-refractivity contribution in [3.63, 3.8) is 0 Å². The zero-order chi connectivity index (χ0) is 6.69. The molecule has 0 radical (unpaired) electrons. The van der Waals surface area contributed by atoms with Crippen molar-refractivity contribution in [3.05, 3.63) is 18.1 Å². The second-order valence-electron chi connectivity index (χ2n) is 1.64. The van der Waals surface area contributed by atoms with E-state index in [4.69, 9.17) is 11.5 Å². The molecule has 0 fully saturated rings. The molecule has 5 heteroatoms. The third-order valence-electron chi connectivity index (χ3n) is 0.954. The van der Waals surface area contributed by atoms with Gasteiger partial charge in [-0.2, -0.15) is 0 Å². The molecule has 1 aromatic heterocycles. The highest BCUT2D eigenvalue weighted by Gasteiger charge is 1.89. The monoisotopic (exact) mass is 160 g/mol. The van der Waals surface area contributed by atoms with Gasteiger partial charge in [0.2, 0.25) is 0 Å². The molecule has 0 saturated heterocycles. The molecule has 0 spiro atoms. The number of nitrogen functional groups attached to an aromatic ring is 1. The van der Waals surface area contributed by atoms with Gasteiger partial charge in [-0.25, -0.2) is 9.97 Å². The lowest BCUT2D eigenvalue weighted by Crippen LogP contribution is -2.01. The Hall–Kier alpha value is -0.870. The van der Waals surface area contributed by atoms with Crippen LogP contribution < -0.4 is 11.5 Å². The van der Waals surface area contributed by atoms with Crippen LogP contribution in [0.5, 0.6) is 0 Å². The van der Waals surface area contributed by atoms with Crippen LogP contribution in [0.15, 0.2) is 12.4 Å². The number of aromatic nitrogens is 2. The van der Waals surface area contributed by atoms with Crippen LogP contribution in [-0.4, -0.2) is 9.97 Å². The summed E-state index contributed by atoms with van der Waals surface area (Å²) in [5, 5.41) is 0. The molecule has 0 aliphatic rings. The van der Waals surface area contributed by atoms with Crippen LogP contribution in [0.3, 0.4) is 0 Å². The predicted octanol–water partition coefficient (Wildman–Crippen LogP) is -0.0607. The first-order chi connectivity index (χ1) is 4.33. The molecule has 0 amide bonds. The van der Waals surface area contributed by atoms with Crippen molar-refractivity contribution in [2.24, 2.45) is 5.73 Å². The molecular weight excluding hydrogens is 152 g/mol. The van der Waals surface area contributed by atoms with Gasteiger partial charge in [-0.05, 0) is 0 Å². The number of halogens is 1. The molecular formula is C5H9ClN4. The highest BCUT2D eigenvalue weighted by Crippen LogP contribution is 1.95. The number of hydrogen-bond acceptors (Lipinski definition) is 4. The van der Waals surface area contributed by atoms with E-state index in [9.17, 15) is 0 Å². The van der Waals surface area contributed by atoms with Gasteiger partial charge in [0.1, 0.15) is 12.1 Å². The first-order valence-corrected chi connectivity index (χ1v) is 2.59. The molecule has 1 heterocycles. The highest BCUT2D eigenvalue weighted by molar-refractivity contribution is 5.85. The zero-order valence-corrected chi connectivity index (χ0v) is 6.14. The summed E-state index contributed by atoms with van der Waals surface area (Å²) in [6, 6.07) is 1.65. The SMILES string of the molecule is Cl.NCc1cc(N)ncn1. The zero-order valence-electron chi connectivity index (χ0n) is 5.32. The largest absolute Gasteiger partial charge is 0.384 e. The fraction of sp³-hybridized carbons (Fsp3) is 0.200. The van der Waals surface area contributed by atoms with E-state index in [0.29, 0.717) is 12.4 Å². The smallest absolute Gasteiger partial charge is 0.127 e. The van der Waals surface area contributed by atoms with E-state index in [2.05, 4.69) is 9.97 Å². The minimum atomic E-state index is 0. The molecule has 10 heavy (non-hydrogen) atoms. The predicted molar refractivity (Wildman–Crippen MR) is 41.6 cm³/mol. The summed E-state index contributed by atoms with van der Waals surface area (Å²) < 4.78 is 0. The molecule has 0 aromatic carbocycles. The summed E-state index contributed by atoms with van der Waals surface area (Å²) in [7, 11) is 0. The van der Waals surface area contributed by atoms with Gasteiger partial charge < -0.3 is 11.5 Å². The van der Waals surface area contributed by atoms with E-state index in [0.717, 1.165) is 5.69 Å². The maximum absolute atomic E-state index is 5.33. The topological polar surface area (TPSA) is 77.8 Å². The van der Waals surface area contributed by atoms with Crippen LogP contribution >= 0.6 is 12.4 Å². The number of rotatable bonds is 1. The number of hydrogen-bond donors (Lipinski definition) is 2. The van der Waals surface area contributed by atoms with E-state index in [1.807, 2.05) is 0 Å². The van der Waals surface area contributed by atoms with Crippen LogP contribution in [0.25, 0.3) is 0 Å². The summed E-state index contributed by atoms with van der Waals surface area (Å²) in [5.41, 5.74) is 11.4. The average molecular weight is 161 g/mol. The molecule has 1 rings (SSSR count). The number of anilines is 1. The second kappa shape index (κ2) is 4.03. The minimum absolute atomic E-state index is 0. The Labute approximate surface area is 65.1 Å². The van der Waals surface area contributed by atoms with E-state index < -0.39 is 0 Å². The van der Waals surface area contributed by atoms with Crippen LogP contribution in [0.2, 0.25) is 0 Å². The van der Waals surface area contributed by atoms with Crippen LogP contribution in [0, 0.1) is 0 Å². The van der Waals surface area contributed by atoms with E-state index in [1.165, 1.54) is 6.33 Å². The van der Waals surface area contributed by atoms with Crippen molar-refractivity contribution in [1.29, 1.82) is 0 Å². The summed E-state index contributed by atoms with van der Waals surface area (Å²) in [6.07, 6.45) is 1.40. The van der Waals surface area contributed by atoms with Crippen molar-refractivity contribution >= 4 is 18.2 Å². The van der Waals surface area contributed by atoms with Crippen LogP contribution in [-0.2, 0) is 6.54 Å². The molecule has 4 N–H and O–H groups in total. The van der Waals surface area contributed by atoms with E-state index >= 15 is 0 Å². The summed E-state index contributed by atoms with van der Waals surface area (Å²) in [4.78, 5) is 7.54. The van der Waals surface area contributed by atoms with Crippen LogP contribution in [0.1, 0.15) is 5.69 Å². The van der Waals surface area contributed by atoms with E-state index in [1.54, 1.807) is 6.07 Å². The number of nitrogens with two attached hydrogens (primary N) is 2. The van der Waals surface area contributed by atoms with Crippen molar-refractivity contribution < 1.29 is 0 Å². The lowest BCUT2D eigenvalue weighted by Gasteiger charge is -1.93. The molecule has 0 bridgehead atoms. The van der Waals surface area contributed by atoms with Gasteiger partial charge in [0, 0.05) is 12.6 Å². The first-order valence-electron chi connectivity index (χ1n) is 2.59. The summed E-state index contributed by atoms with van der Waals surface area (Å²) in [5.74, 6) is 0.463. The van der Waals surface area contributed by atoms with Crippen molar-refractivity contribution in [2.45, 2.75) is 6.54 Å². The molecule has 4 nitrogen and oxygen atoms in total. The Balaban J connectivity index is 0.000000810. The van der Waals surface area contributed by atoms with Gasteiger partial charge in [-0.1, -0.05) is 0 Å². The number of nitrogens with zero attached hydrogens (tertiary/aromatic N) is 2. The van der Waals surface area contributed by atoms with Crippen molar-refractivity contribution in [3.8, 4) is 0 Å². The van der Waals surface area contributed by atoms with Gasteiger partial charge in [0.05, 0.1) is 5.69 Å². The third-order valence-corrected chi connectivity index (χ3v) is 0.954. The van der Waals surface area contributed by atoms with Gasteiger partial charge >= 0.3 is 0 Å². The van der Waals surface area contributed by atoms with Crippen molar-refractivity contribution in [2.75, 3.05) is 5.73 Å². The minimum Gasteiger partial charge on any atom is -0.384 e. The van der Waals surface area contributed by atoms with Gasteiger partial charge in [-0.15, -0.1) is 12.4 Å². The standard InChI is InChI=1S/C5H8N4.ClH/c6-2-4-1-5(7)9-3-8-4;/h1,3H,2,6H2,(H2,7,8,9);1H. The Bertz CT molecular complexity index is 203.